The van der Waals surface area contributed by atoms with Crippen molar-refractivity contribution in [1.82, 2.24) is 24.5 Å². The van der Waals surface area contributed by atoms with Crippen LogP contribution in [0.15, 0.2) is 58.5 Å². The van der Waals surface area contributed by atoms with Crippen molar-refractivity contribution < 1.29 is 42.0 Å². The number of nitrogens with one attached hydrogen (secondary N) is 1. The molecule has 1 saturated heterocycles. The van der Waals surface area contributed by atoms with Gasteiger partial charge >= 0.3 is 11.0 Å². The van der Waals surface area contributed by atoms with Crippen LogP contribution in [0.4, 0.5) is 5.69 Å². The average Bonchev–Trinajstić information content (AvgIpc) is 3.31. The molecule has 13 heteroatoms. The first-order valence-electron chi connectivity index (χ1n) is 11.6. The standard InChI is InChI=1S/C25H24ClN5O4S2.HI/c1-15-9-21-22(13-28-15)36-24(29-21)25(33)31-8-7-30(14-19(31)12-23(32)27-2)37(34,35)20-6-4-16-10-18(26)5-3-17(16)11-20;/h3-6,9-11,13,19H,7-8,12,14H2,1-2H3,(H,27,32);1H/q+1;/p-1. The lowest BCUT2D eigenvalue weighted by atomic mass is 10.1. The highest BCUT2D eigenvalue weighted by Crippen LogP contribution is 2.34. The second-order valence-corrected chi connectivity index (χ2v) is 12.3. The summed E-state index contributed by atoms with van der Waals surface area (Å²) in [5, 5.41) is 5.01. The maximum absolute atomic E-state index is 13.6. The zero-order chi connectivity index (χ0) is 26.3. The Bertz CT molecular complexity index is 1570. The summed E-state index contributed by atoms with van der Waals surface area (Å²) in [6, 6.07) is 11.3. The van der Waals surface area contributed by atoms with E-state index in [1.807, 2.05) is 13.0 Å². The van der Waals surface area contributed by atoms with E-state index in [-0.39, 0.29) is 71.8 Å². The Morgan fingerprint density at radius 3 is 2.66 bits per heavy atom. The predicted octanol–water partition coefficient (Wildman–Crippen LogP) is -0.290. The number of hydrogen-bond acceptors (Lipinski definition) is 7. The summed E-state index contributed by atoms with van der Waals surface area (Å²) in [6.45, 7) is 2.08. The van der Waals surface area contributed by atoms with Crippen LogP contribution in [-0.4, -0.2) is 72.2 Å². The van der Waals surface area contributed by atoms with Crippen molar-refractivity contribution in [1.29, 1.82) is 0 Å². The number of halogens is 2. The van der Waals surface area contributed by atoms with Crippen molar-refractivity contribution in [2.24, 2.45) is 0 Å². The lowest BCUT2D eigenvalue weighted by molar-refractivity contribution is -0.130. The van der Waals surface area contributed by atoms with Crippen molar-refractivity contribution >= 4 is 66.7 Å². The van der Waals surface area contributed by atoms with Crippen LogP contribution in [0.5, 0.6) is 0 Å². The van der Waals surface area contributed by atoms with Crippen LogP contribution in [0.25, 0.3) is 10.8 Å². The molecule has 0 aliphatic carbocycles. The predicted molar refractivity (Wildman–Crippen MR) is 144 cm³/mol. The lowest BCUT2D eigenvalue weighted by Gasteiger charge is -2.39. The Morgan fingerprint density at radius 1 is 1.16 bits per heavy atom. The number of sulfonamides is 1. The van der Waals surface area contributed by atoms with E-state index < -0.39 is 16.1 Å². The summed E-state index contributed by atoms with van der Waals surface area (Å²) in [6.07, 6.45) is 1.65. The van der Waals surface area contributed by atoms with Crippen molar-refractivity contribution in [2.45, 2.75) is 29.2 Å². The van der Waals surface area contributed by atoms with Crippen molar-refractivity contribution in [3.63, 3.8) is 0 Å². The lowest BCUT2D eigenvalue weighted by Crippen LogP contribution is -3.00. The highest BCUT2D eigenvalue weighted by atomic mass is 127. The molecule has 0 saturated carbocycles. The molecule has 1 radical (unpaired) electrons. The molecule has 3 heterocycles. The van der Waals surface area contributed by atoms with E-state index in [9.17, 15) is 18.0 Å². The summed E-state index contributed by atoms with van der Waals surface area (Å²) in [5.74, 6) is -0.610. The van der Waals surface area contributed by atoms with Crippen molar-refractivity contribution in [2.75, 3.05) is 26.7 Å². The van der Waals surface area contributed by atoms with Crippen LogP contribution in [0, 0.1) is 6.92 Å². The number of hydrogen-bond donors (Lipinski definition) is 1. The third-order valence-electron chi connectivity index (χ3n) is 6.41. The van der Waals surface area contributed by atoms with Gasteiger partial charge in [0.1, 0.15) is 4.90 Å². The molecule has 5 rings (SSSR count). The number of piperazine rings is 1. The van der Waals surface area contributed by atoms with Crippen LogP contribution >= 0.6 is 23.4 Å². The maximum Gasteiger partial charge on any atom is 0.381 e. The van der Waals surface area contributed by atoms with Gasteiger partial charge in [0.2, 0.25) is 15.9 Å². The highest BCUT2D eigenvalue weighted by molar-refractivity contribution is 8.16. The molecule has 1 N–H and O–H groups in total. The average molecular weight is 685 g/mol. The second-order valence-electron chi connectivity index (χ2n) is 8.86. The van der Waals surface area contributed by atoms with Crippen molar-refractivity contribution in [3.8, 4) is 0 Å². The zero-order valence-electron chi connectivity index (χ0n) is 20.5. The molecule has 1 aromatic heterocycles. The van der Waals surface area contributed by atoms with Gasteiger partial charge in [0.15, 0.2) is 0 Å². The largest absolute Gasteiger partial charge is 1.00 e. The number of aryl methyl sites for hydroxylation is 1. The van der Waals surface area contributed by atoms with Gasteiger partial charge in [-0.1, -0.05) is 23.7 Å². The molecule has 3 aromatic rings. The maximum atomic E-state index is 13.6. The topological polar surface area (TPSA) is 114 Å². The monoisotopic (exact) mass is 684 g/mol. The first kappa shape index (κ1) is 28.7. The minimum atomic E-state index is -3.87. The van der Waals surface area contributed by atoms with E-state index in [1.165, 1.54) is 23.1 Å². The number of carbonyl (C=O) groups is 2. The van der Waals surface area contributed by atoms with Crippen LogP contribution < -0.4 is 34.3 Å². The minimum Gasteiger partial charge on any atom is -1.00 e. The molecule has 9 nitrogen and oxygen atoms in total. The Balaban J connectivity index is 0.00000336. The van der Waals surface area contributed by atoms with Gasteiger partial charge < -0.3 is 34.2 Å². The van der Waals surface area contributed by atoms with E-state index in [1.54, 1.807) is 47.5 Å². The summed E-state index contributed by atoms with van der Waals surface area (Å²) in [4.78, 5) is 37.0. The number of pyridine rings is 1. The minimum absolute atomic E-state index is 0. The van der Waals surface area contributed by atoms with Gasteiger partial charge in [0, 0.05) is 67.8 Å². The number of thioether (sulfide) groups is 1. The molecule has 1 atom stereocenters. The molecule has 1 unspecified atom stereocenters. The van der Waals surface area contributed by atoms with Gasteiger partial charge in [-0.3, -0.25) is 14.6 Å². The molecule has 2 amide bonds. The SMILES string of the molecule is CNC(=O)CC1CN(S(=O)(=O)c2ccc3cc(Cl)ccc3c2)CCN1C(=O)C1=[N+]c2cc(C)ncc2S1.[I-]. The molecule has 0 spiro atoms. The Labute approximate surface area is 247 Å². The van der Waals surface area contributed by atoms with E-state index >= 15 is 0 Å². The fourth-order valence-corrected chi connectivity index (χ4v) is 7.01. The van der Waals surface area contributed by atoms with E-state index in [2.05, 4.69) is 15.3 Å². The van der Waals surface area contributed by atoms with Crippen LogP contribution in [-0.2, 0) is 19.6 Å². The number of carbonyl (C=O) groups excluding carboxylic acids is 2. The molecular weight excluding hydrogens is 661 g/mol. The van der Waals surface area contributed by atoms with Gasteiger partial charge in [-0.25, -0.2) is 8.42 Å². The summed E-state index contributed by atoms with van der Waals surface area (Å²) in [7, 11) is -2.36. The van der Waals surface area contributed by atoms with Gasteiger partial charge in [-0.05, 0) is 42.0 Å². The molecule has 38 heavy (non-hydrogen) atoms. The number of fused-ring (bicyclic) bond motifs is 2. The second kappa shape index (κ2) is 11.5. The molecule has 2 aliphatic heterocycles. The summed E-state index contributed by atoms with van der Waals surface area (Å²) >= 11 is 7.29. The van der Waals surface area contributed by atoms with Gasteiger partial charge in [-0.2, -0.15) is 4.31 Å². The normalized spacial score (nSPS) is 17.5. The molecule has 199 valence electrons. The first-order valence-corrected chi connectivity index (χ1v) is 14.2. The first-order chi connectivity index (χ1) is 17.7. The Hall–Kier alpha value is -2.26. The number of benzene rings is 2. The highest BCUT2D eigenvalue weighted by Gasteiger charge is 2.43. The number of aliphatic imine (C=N–C) groups is 1. The van der Waals surface area contributed by atoms with E-state index in [4.69, 9.17) is 11.6 Å². The fourth-order valence-electron chi connectivity index (χ4n) is 4.46. The Kier molecular flexibility index (Phi) is 8.67. The van der Waals surface area contributed by atoms with Crippen molar-refractivity contribution in [3.05, 3.63) is 59.4 Å². The third-order valence-corrected chi connectivity index (χ3v) is 9.50. The molecule has 1 fully saturated rings. The zero-order valence-corrected chi connectivity index (χ0v) is 25.1. The smallest absolute Gasteiger partial charge is 0.381 e. The third kappa shape index (κ3) is 5.69. The van der Waals surface area contributed by atoms with Crippen LogP contribution in [0.2, 0.25) is 5.02 Å². The Morgan fingerprint density at radius 2 is 1.89 bits per heavy atom. The quantitative estimate of drug-likeness (QED) is 0.370. The van der Waals surface area contributed by atoms with E-state index in [0.717, 1.165) is 21.4 Å². The molecular formula is C25H24ClIN5O4S2. The summed E-state index contributed by atoms with van der Waals surface area (Å²) in [5.41, 5.74) is 1.48. The molecule has 2 aromatic carbocycles. The number of nitrogens with zero attached hydrogens (tertiary/aromatic N) is 4. The van der Waals surface area contributed by atoms with Crippen LogP contribution in [0.1, 0.15) is 12.1 Å². The molecule has 2 aliphatic rings. The van der Waals surface area contributed by atoms with Crippen LogP contribution in [0.3, 0.4) is 0 Å². The summed E-state index contributed by atoms with van der Waals surface area (Å²) < 4.78 is 28.5. The number of amides is 2. The molecule has 0 bridgehead atoms. The van der Waals surface area contributed by atoms with Gasteiger partial charge in [0.05, 0.1) is 15.9 Å². The van der Waals surface area contributed by atoms with Gasteiger partial charge in [-0.15, -0.1) is 0 Å². The van der Waals surface area contributed by atoms with Gasteiger partial charge in [0.25, 0.3) is 5.69 Å². The number of aromatic nitrogens is 1. The fraction of sp³-hybridized carbons (Fsp3) is 0.280. The van der Waals surface area contributed by atoms with E-state index in [0.29, 0.717) is 10.7 Å². The number of rotatable bonds is 5.